The minimum atomic E-state index is -1.10. The zero-order valence-electron chi connectivity index (χ0n) is 13.1. The van der Waals surface area contributed by atoms with Crippen molar-refractivity contribution >= 4 is 17.7 Å². The molecule has 0 aliphatic rings. The van der Waals surface area contributed by atoms with Crippen molar-refractivity contribution in [2.24, 2.45) is 0 Å². The first-order valence-electron chi connectivity index (χ1n) is 7.58. The number of aliphatic carboxylic acids is 1. The van der Waals surface area contributed by atoms with Crippen molar-refractivity contribution in [2.75, 3.05) is 0 Å². The first-order chi connectivity index (χ1) is 10.4. The topological polar surface area (TPSA) is 83.5 Å². The lowest BCUT2D eigenvalue weighted by molar-refractivity contribution is -0.141. The van der Waals surface area contributed by atoms with Crippen LogP contribution in [0.1, 0.15) is 55.5 Å². The van der Waals surface area contributed by atoms with Gasteiger partial charge in [0.05, 0.1) is 0 Å². The van der Waals surface area contributed by atoms with Gasteiger partial charge in [-0.15, -0.1) is 0 Å². The van der Waals surface area contributed by atoms with E-state index in [0.29, 0.717) is 5.56 Å². The van der Waals surface area contributed by atoms with Gasteiger partial charge in [-0.25, -0.2) is 0 Å². The fourth-order valence-electron chi connectivity index (χ4n) is 1.98. The van der Waals surface area contributed by atoms with E-state index >= 15 is 0 Å². The maximum Gasteiger partial charge on any atom is 0.325 e. The van der Waals surface area contributed by atoms with Crippen molar-refractivity contribution in [2.45, 2.75) is 52.0 Å². The highest BCUT2D eigenvalue weighted by Crippen LogP contribution is 2.10. The third-order valence-corrected chi connectivity index (χ3v) is 3.42. The van der Waals surface area contributed by atoms with Crippen molar-refractivity contribution in [1.82, 2.24) is 5.32 Å². The standard InChI is InChI=1S/C17H23NO4/c1-3-4-5-13-6-8-14(9-7-13)15(19)10-11-16(20)18-12(2)17(21)22/h6-9,12H,3-5,10-11H2,1-2H3,(H,18,20)(H,21,22)/t12-/m0/s1. The van der Waals surface area contributed by atoms with E-state index in [-0.39, 0.29) is 18.6 Å². The molecule has 0 spiro atoms. The van der Waals surface area contributed by atoms with Crippen LogP contribution in [0.3, 0.4) is 0 Å². The van der Waals surface area contributed by atoms with Crippen molar-refractivity contribution in [3.63, 3.8) is 0 Å². The fourth-order valence-corrected chi connectivity index (χ4v) is 1.98. The largest absolute Gasteiger partial charge is 0.480 e. The Morgan fingerprint density at radius 1 is 1.14 bits per heavy atom. The number of carbonyl (C=O) groups is 3. The van der Waals surface area contributed by atoms with E-state index in [0.717, 1.165) is 19.3 Å². The van der Waals surface area contributed by atoms with Crippen LogP contribution < -0.4 is 5.32 Å². The van der Waals surface area contributed by atoms with Gasteiger partial charge in [0, 0.05) is 18.4 Å². The summed E-state index contributed by atoms with van der Waals surface area (Å²) in [5, 5.41) is 11.0. The molecule has 1 aromatic rings. The summed E-state index contributed by atoms with van der Waals surface area (Å²) in [7, 11) is 0. The van der Waals surface area contributed by atoms with Crippen LogP contribution in [0.5, 0.6) is 0 Å². The molecule has 0 bridgehead atoms. The highest BCUT2D eigenvalue weighted by atomic mass is 16.4. The lowest BCUT2D eigenvalue weighted by atomic mass is 10.0. The van der Waals surface area contributed by atoms with E-state index in [4.69, 9.17) is 5.11 Å². The Kier molecular flexibility index (Phi) is 7.29. The number of carboxylic acid groups (broad SMARTS) is 1. The zero-order chi connectivity index (χ0) is 16.5. The average molecular weight is 305 g/mol. The summed E-state index contributed by atoms with van der Waals surface area (Å²) < 4.78 is 0. The summed E-state index contributed by atoms with van der Waals surface area (Å²) in [6.45, 7) is 3.52. The molecule has 1 atom stereocenters. The van der Waals surface area contributed by atoms with Gasteiger partial charge in [-0.2, -0.15) is 0 Å². The van der Waals surface area contributed by atoms with Crippen molar-refractivity contribution in [1.29, 1.82) is 0 Å². The van der Waals surface area contributed by atoms with Gasteiger partial charge in [0.1, 0.15) is 6.04 Å². The van der Waals surface area contributed by atoms with Crippen LogP contribution in [0.25, 0.3) is 0 Å². The van der Waals surface area contributed by atoms with Crippen molar-refractivity contribution in [3.8, 4) is 0 Å². The number of amides is 1. The molecule has 0 aliphatic carbocycles. The molecule has 2 N–H and O–H groups in total. The predicted octanol–water partition coefficient (Wildman–Crippen LogP) is 2.58. The number of ketones is 1. The number of carbonyl (C=O) groups excluding carboxylic acids is 2. The van der Waals surface area contributed by atoms with Crippen LogP contribution in [0, 0.1) is 0 Å². The van der Waals surface area contributed by atoms with Gasteiger partial charge in [0.15, 0.2) is 5.78 Å². The first kappa shape index (κ1) is 17.9. The minimum absolute atomic E-state index is 0.00591. The molecule has 120 valence electrons. The second-order valence-electron chi connectivity index (χ2n) is 5.35. The second kappa shape index (κ2) is 8.97. The molecule has 5 heteroatoms. The van der Waals surface area contributed by atoms with Gasteiger partial charge < -0.3 is 10.4 Å². The second-order valence-corrected chi connectivity index (χ2v) is 5.35. The summed E-state index contributed by atoms with van der Waals surface area (Å²) in [4.78, 5) is 34.2. The number of hydrogen-bond acceptors (Lipinski definition) is 3. The Labute approximate surface area is 130 Å². The van der Waals surface area contributed by atoms with E-state index < -0.39 is 17.9 Å². The summed E-state index contributed by atoms with van der Waals surface area (Å²) in [5.74, 6) is -1.63. The van der Waals surface area contributed by atoms with Crippen LogP contribution in [0.15, 0.2) is 24.3 Å². The number of nitrogens with one attached hydrogen (secondary N) is 1. The predicted molar refractivity (Wildman–Crippen MR) is 83.9 cm³/mol. The number of benzene rings is 1. The highest BCUT2D eigenvalue weighted by Gasteiger charge is 2.15. The van der Waals surface area contributed by atoms with Gasteiger partial charge in [-0.05, 0) is 25.3 Å². The molecule has 5 nitrogen and oxygen atoms in total. The molecule has 0 radical (unpaired) electrons. The summed E-state index contributed by atoms with van der Waals surface area (Å²) in [6, 6.07) is 6.50. The third-order valence-electron chi connectivity index (χ3n) is 3.42. The molecule has 1 aromatic carbocycles. The monoisotopic (exact) mass is 305 g/mol. The molecule has 1 rings (SSSR count). The normalized spacial score (nSPS) is 11.7. The van der Waals surface area contributed by atoms with Crippen LogP contribution in [-0.4, -0.2) is 28.8 Å². The molecule has 0 heterocycles. The van der Waals surface area contributed by atoms with Gasteiger partial charge in [-0.1, -0.05) is 37.6 Å². The SMILES string of the molecule is CCCCc1ccc(C(=O)CCC(=O)N[C@@H](C)C(=O)O)cc1. The van der Waals surface area contributed by atoms with Crippen molar-refractivity contribution in [3.05, 3.63) is 35.4 Å². The molecule has 0 saturated carbocycles. The lowest BCUT2D eigenvalue weighted by Gasteiger charge is -2.09. The van der Waals surface area contributed by atoms with Crippen LogP contribution in [0.4, 0.5) is 0 Å². The van der Waals surface area contributed by atoms with Gasteiger partial charge >= 0.3 is 5.97 Å². The molecule has 0 aromatic heterocycles. The highest BCUT2D eigenvalue weighted by molar-refractivity contribution is 5.98. The molecule has 0 fully saturated rings. The quantitative estimate of drug-likeness (QED) is 0.687. The average Bonchev–Trinajstić information content (AvgIpc) is 2.50. The van der Waals surface area contributed by atoms with E-state index in [2.05, 4.69) is 12.2 Å². The van der Waals surface area contributed by atoms with Crippen LogP contribution in [0.2, 0.25) is 0 Å². The van der Waals surface area contributed by atoms with E-state index in [9.17, 15) is 14.4 Å². The zero-order valence-corrected chi connectivity index (χ0v) is 13.1. The minimum Gasteiger partial charge on any atom is -0.480 e. The Balaban J connectivity index is 2.45. The summed E-state index contributed by atoms with van der Waals surface area (Å²) in [5.41, 5.74) is 1.78. The number of Topliss-reactive ketones (excluding diaryl/α,β-unsaturated/α-hetero) is 1. The van der Waals surface area contributed by atoms with Gasteiger partial charge in [-0.3, -0.25) is 14.4 Å². The number of hydrogen-bond donors (Lipinski definition) is 2. The van der Waals surface area contributed by atoms with Crippen LogP contribution >= 0.6 is 0 Å². The van der Waals surface area contributed by atoms with Crippen molar-refractivity contribution < 1.29 is 19.5 Å². The first-order valence-corrected chi connectivity index (χ1v) is 7.58. The smallest absolute Gasteiger partial charge is 0.325 e. The summed E-state index contributed by atoms with van der Waals surface area (Å²) >= 11 is 0. The Morgan fingerprint density at radius 3 is 2.32 bits per heavy atom. The third kappa shape index (κ3) is 6.08. The number of rotatable bonds is 9. The molecule has 0 unspecified atom stereocenters. The van der Waals surface area contributed by atoms with Gasteiger partial charge in [0.2, 0.25) is 5.91 Å². The molecule has 1 amide bonds. The van der Waals surface area contributed by atoms with E-state index in [1.165, 1.54) is 12.5 Å². The number of carboxylic acids is 1. The maximum atomic E-state index is 12.0. The maximum absolute atomic E-state index is 12.0. The molecule has 22 heavy (non-hydrogen) atoms. The number of aryl methyl sites for hydroxylation is 1. The number of unbranched alkanes of at least 4 members (excludes halogenated alkanes) is 1. The van der Waals surface area contributed by atoms with E-state index in [1.807, 2.05) is 12.1 Å². The summed E-state index contributed by atoms with van der Waals surface area (Å²) in [6.07, 6.45) is 3.32. The molecular formula is C17H23NO4. The Hall–Kier alpha value is -2.17. The molecule has 0 aliphatic heterocycles. The fraction of sp³-hybridized carbons (Fsp3) is 0.471. The Bertz CT molecular complexity index is 522. The van der Waals surface area contributed by atoms with Crippen LogP contribution in [-0.2, 0) is 16.0 Å². The van der Waals surface area contributed by atoms with Gasteiger partial charge in [0.25, 0.3) is 0 Å². The molecular weight excluding hydrogens is 282 g/mol. The Morgan fingerprint density at radius 2 is 1.77 bits per heavy atom. The lowest BCUT2D eigenvalue weighted by Crippen LogP contribution is -2.38. The molecule has 0 saturated heterocycles. The van der Waals surface area contributed by atoms with E-state index in [1.54, 1.807) is 12.1 Å².